The van der Waals surface area contributed by atoms with Crippen LogP contribution in [0.2, 0.25) is 4.34 Å². The smallest absolute Gasteiger partial charge is 0.414 e. The molecule has 0 atom stereocenters. The van der Waals surface area contributed by atoms with Gasteiger partial charge in [-0.3, -0.25) is 14.5 Å². The van der Waals surface area contributed by atoms with E-state index in [1.807, 2.05) is 24.3 Å². The van der Waals surface area contributed by atoms with Crippen LogP contribution in [-0.4, -0.2) is 57.9 Å². The SMILES string of the molecule is CNC(=O)c1ccc(Cl)s1.O=C1COCCN1c1ccc(N2CCOC2=O)cc1. The molecule has 2 aromatic rings. The molecule has 2 fully saturated rings. The van der Waals surface area contributed by atoms with Crippen LogP contribution in [0.15, 0.2) is 36.4 Å². The van der Waals surface area contributed by atoms with Gasteiger partial charge in [0, 0.05) is 25.0 Å². The van der Waals surface area contributed by atoms with E-state index in [2.05, 4.69) is 5.32 Å². The molecule has 0 bridgehead atoms. The topological polar surface area (TPSA) is 88.2 Å². The number of amides is 3. The molecule has 8 nitrogen and oxygen atoms in total. The second-order valence-corrected chi connectivity index (χ2v) is 7.78. The van der Waals surface area contributed by atoms with Crippen LogP contribution in [0.3, 0.4) is 0 Å². The number of rotatable bonds is 3. The largest absolute Gasteiger partial charge is 0.447 e. The maximum atomic E-state index is 11.7. The van der Waals surface area contributed by atoms with Gasteiger partial charge in [0.05, 0.1) is 22.4 Å². The fraction of sp³-hybridized carbons (Fsp3) is 0.316. The molecule has 10 heteroatoms. The highest BCUT2D eigenvalue weighted by molar-refractivity contribution is 7.17. The minimum Gasteiger partial charge on any atom is -0.447 e. The first-order valence-electron chi connectivity index (χ1n) is 8.89. The van der Waals surface area contributed by atoms with Crippen LogP contribution in [0.1, 0.15) is 9.67 Å². The summed E-state index contributed by atoms with van der Waals surface area (Å²) in [5.74, 6) is -0.128. The Morgan fingerprint density at radius 3 is 2.21 bits per heavy atom. The average molecular weight is 438 g/mol. The van der Waals surface area contributed by atoms with E-state index in [1.54, 1.807) is 29.0 Å². The summed E-state index contributed by atoms with van der Waals surface area (Å²) in [6.45, 7) is 2.22. The third-order valence-electron chi connectivity index (χ3n) is 4.24. The number of ether oxygens (including phenoxy) is 2. The lowest BCUT2D eigenvalue weighted by atomic mass is 10.2. The Morgan fingerprint density at radius 1 is 1.03 bits per heavy atom. The quantitative estimate of drug-likeness (QED) is 0.797. The molecule has 3 heterocycles. The maximum absolute atomic E-state index is 11.7. The molecule has 29 heavy (non-hydrogen) atoms. The first-order chi connectivity index (χ1) is 14.0. The van der Waals surface area contributed by atoms with Crippen molar-refractivity contribution in [2.45, 2.75) is 0 Å². The van der Waals surface area contributed by atoms with Gasteiger partial charge >= 0.3 is 6.09 Å². The number of carbonyl (C=O) groups is 3. The number of carbonyl (C=O) groups excluding carboxylic acids is 3. The third kappa shape index (κ3) is 5.26. The van der Waals surface area contributed by atoms with Crippen LogP contribution >= 0.6 is 22.9 Å². The third-order valence-corrected chi connectivity index (χ3v) is 5.47. The summed E-state index contributed by atoms with van der Waals surface area (Å²) < 4.78 is 10.6. The molecule has 0 spiro atoms. The second-order valence-electron chi connectivity index (χ2n) is 6.06. The van der Waals surface area contributed by atoms with Crippen LogP contribution < -0.4 is 15.1 Å². The summed E-state index contributed by atoms with van der Waals surface area (Å²) in [6.07, 6.45) is -0.324. The normalized spacial score (nSPS) is 16.2. The van der Waals surface area contributed by atoms with E-state index in [-0.39, 0.29) is 24.5 Å². The summed E-state index contributed by atoms with van der Waals surface area (Å²) in [6, 6.07) is 10.7. The van der Waals surface area contributed by atoms with Gasteiger partial charge in [0.25, 0.3) is 11.8 Å². The predicted octanol–water partition coefficient (Wildman–Crippen LogP) is 2.77. The number of nitrogens with zero attached hydrogens (tertiary/aromatic N) is 2. The molecule has 154 valence electrons. The maximum Gasteiger partial charge on any atom is 0.414 e. The van der Waals surface area contributed by atoms with Gasteiger partial charge in [-0.1, -0.05) is 11.6 Å². The number of benzene rings is 1. The fourth-order valence-corrected chi connectivity index (χ4v) is 3.78. The number of anilines is 2. The van der Waals surface area contributed by atoms with Crippen molar-refractivity contribution in [2.75, 3.05) is 49.8 Å². The van der Waals surface area contributed by atoms with E-state index in [1.165, 1.54) is 11.3 Å². The summed E-state index contributed by atoms with van der Waals surface area (Å²) in [5.41, 5.74) is 1.61. The van der Waals surface area contributed by atoms with Crippen molar-refractivity contribution in [3.05, 3.63) is 45.6 Å². The number of nitrogens with one attached hydrogen (secondary N) is 1. The van der Waals surface area contributed by atoms with E-state index >= 15 is 0 Å². The molecular weight excluding hydrogens is 418 g/mol. The highest BCUT2D eigenvalue weighted by Gasteiger charge is 2.24. The van der Waals surface area contributed by atoms with Gasteiger partial charge in [-0.25, -0.2) is 4.79 Å². The summed E-state index contributed by atoms with van der Waals surface area (Å²) in [5, 5.41) is 2.51. The van der Waals surface area contributed by atoms with Crippen molar-refractivity contribution in [1.82, 2.24) is 5.32 Å². The van der Waals surface area contributed by atoms with Crippen molar-refractivity contribution in [2.24, 2.45) is 0 Å². The number of hydrogen-bond donors (Lipinski definition) is 1. The lowest BCUT2D eigenvalue weighted by Crippen LogP contribution is -2.41. The standard InChI is InChI=1S/C13H14N2O4.C6H6ClNOS/c16-12-9-18-7-5-14(12)10-1-3-11(4-2-10)15-6-8-19-13(15)17;1-8-6(9)4-2-3-5(7)10-4/h1-4H,5-9H2;2-3H,1H3,(H,8,9). The molecule has 2 aliphatic heterocycles. The van der Waals surface area contributed by atoms with Crippen molar-refractivity contribution < 1.29 is 23.9 Å². The highest BCUT2D eigenvalue weighted by atomic mass is 35.5. The van der Waals surface area contributed by atoms with Gasteiger partial charge in [-0.2, -0.15) is 0 Å². The van der Waals surface area contributed by atoms with Crippen LogP contribution in [0, 0.1) is 0 Å². The number of morpholine rings is 1. The minimum absolute atomic E-state index is 0.0421. The van der Waals surface area contributed by atoms with Gasteiger partial charge in [-0.15, -0.1) is 11.3 Å². The molecule has 2 saturated heterocycles. The highest BCUT2D eigenvalue weighted by Crippen LogP contribution is 2.24. The lowest BCUT2D eigenvalue weighted by Gasteiger charge is -2.27. The molecule has 1 N–H and O–H groups in total. The molecule has 2 aliphatic rings. The summed E-state index contributed by atoms with van der Waals surface area (Å²) in [7, 11) is 1.59. The molecule has 0 aliphatic carbocycles. The summed E-state index contributed by atoms with van der Waals surface area (Å²) in [4.78, 5) is 37.9. The van der Waals surface area contributed by atoms with Gasteiger partial charge in [-0.05, 0) is 36.4 Å². The van der Waals surface area contributed by atoms with Crippen LogP contribution in [0.4, 0.5) is 16.2 Å². The molecule has 3 amide bonds. The van der Waals surface area contributed by atoms with Crippen molar-refractivity contribution >= 4 is 52.2 Å². The second kappa shape index (κ2) is 9.73. The van der Waals surface area contributed by atoms with Crippen LogP contribution in [0.5, 0.6) is 0 Å². The van der Waals surface area contributed by atoms with E-state index in [4.69, 9.17) is 21.1 Å². The Bertz CT molecular complexity index is 886. The van der Waals surface area contributed by atoms with Gasteiger partial charge < -0.3 is 19.7 Å². The van der Waals surface area contributed by atoms with E-state index in [0.717, 1.165) is 11.4 Å². The van der Waals surface area contributed by atoms with E-state index in [9.17, 15) is 14.4 Å². The lowest BCUT2D eigenvalue weighted by molar-refractivity contribution is -0.125. The number of cyclic esters (lactones) is 1. The van der Waals surface area contributed by atoms with E-state index in [0.29, 0.717) is 35.5 Å². The Labute approximate surface area is 176 Å². The number of thiophene rings is 1. The molecule has 0 radical (unpaired) electrons. The predicted molar refractivity (Wildman–Crippen MR) is 111 cm³/mol. The zero-order valence-corrected chi connectivity index (χ0v) is 17.3. The Hall–Kier alpha value is -2.62. The van der Waals surface area contributed by atoms with Crippen molar-refractivity contribution in [3.63, 3.8) is 0 Å². The van der Waals surface area contributed by atoms with Crippen molar-refractivity contribution in [3.8, 4) is 0 Å². The van der Waals surface area contributed by atoms with Crippen molar-refractivity contribution in [1.29, 1.82) is 0 Å². The Morgan fingerprint density at radius 2 is 1.69 bits per heavy atom. The van der Waals surface area contributed by atoms with E-state index < -0.39 is 0 Å². The number of hydrogen-bond acceptors (Lipinski definition) is 6. The molecular formula is C19H20ClN3O5S. The molecule has 1 aromatic heterocycles. The minimum atomic E-state index is -0.324. The average Bonchev–Trinajstić information content (AvgIpc) is 3.37. The zero-order chi connectivity index (χ0) is 20.8. The van der Waals surface area contributed by atoms with Gasteiger partial charge in [0.2, 0.25) is 0 Å². The first kappa shape index (κ1) is 21.1. The number of halogens is 1. The molecule has 4 rings (SSSR count). The molecule has 1 aromatic carbocycles. The Kier molecular flexibility index (Phi) is 7.08. The summed E-state index contributed by atoms with van der Waals surface area (Å²) >= 11 is 6.87. The first-order valence-corrected chi connectivity index (χ1v) is 10.1. The zero-order valence-electron chi connectivity index (χ0n) is 15.7. The van der Waals surface area contributed by atoms with Crippen LogP contribution in [0.25, 0.3) is 0 Å². The van der Waals surface area contributed by atoms with Gasteiger partial charge in [0.15, 0.2) is 0 Å². The van der Waals surface area contributed by atoms with Crippen LogP contribution in [-0.2, 0) is 14.3 Å². The Balaban J connectivity index is 0.000000204. The molecule has 0 saturated carbocycles. The fourth-order valence-electron chi connectivity index (χ4n) is 2.79. The van der Waals surface area contributed by atoms with Gasteiger partial charge in [0.1, 0.15) is 13.2 Å². The molecule has 0 unspecified atom stereocenters. The monoisotopic (exact) mass is 437 g/mol.